The van der Waals surface area contributed by atoms with Crippen molar-refractivity contribution in [3.05, 3.63) is 71.3 Å². The summed E-state index contributed by atoms with van der Waals surface area (Å²) in [5.41, 5.74) is 4.42. The molecule has 0 aromatic heterocycles. The molecule has 3 atom stereocenters. The van der Waals surface area contributed by atoms with Gasteiger partial charge in [-0.05, 0) is 66.6 Å². The molecule has 4 nitrogen and oxygen atoms in total. The molecule has 0 bridgehead atoms. The summed E-state index contributed by atoms with van der Waals surface area (Å²) in [6, 6.07) is 14.8. The van der Waals surface area contributed by atoms with Crippen molar-refractivity contribution in [3.63, 3.8) is 0 Å². The lowest BCUT2D eigenvalue weighted by Crippen LogP contribution is -2.33. The number of anilines is 1. The van der Waals surface area contributed by atoms with E-state index < -0.39 is 0 Å². The summed E-state index contributed by atoms with van der Waals surface area (Å²) in [7, 11) is 1.71. The topological polar surface area (TPSA) is 41.6 Å². The molecule has 2 aromatic rings. The van der Waals surface area contributed by atoms with Crippen molar-refractivity contribution in [2.24, 2.45) is 5.92 Å². The molecular weight excluding hydrogens is 372 g/mol. The molecule has 1 aliphatic carbocycles. The van der Waals surface area contributed by atoms with Gasteiger partial charge >= 0.3 is 0 Å². The van der Waals surface area contributed by atoms with Crippen LogP contribution in [0.5, 0.6) is 5.75 Å². The third-order valence-electron chi connectivity index (χ3n) is 6.34. The monoisotopic (exact) mass is 404 g/mol. The first-order valence-corrected chi connectivity index (χ1v) is 11.2. The van der Waals surface area contributed by atoms with Crippen molar-refractivity contribution in [1.82, 2.24) is 4.90 Å². The number of fused-ring (bicyclic) bond motifs is 3. The maximum Gasteiger partial charge on any atom is 0.253 e. The van der Waals surface area contributed by atoms with E-state index in [1.54, 1.807) is 7.11 Å². The zero-order valence-corrected chi connectivity index (χ0v) is 18.2. The van der Waals surface area contributed by atoms with Gasteiger partial charge in [0.2, 0.25) is 0 Å². The SMILES string of the molecule is CCCN(CCC)C(=O)c1ccc2c(c1)C1C=CCC1C(c1cccc(OC)c1)N2. The highest BCUT2D eigenvalue weighted by molar-refractivity contribution is 5.95. The lowest BCUT2D eigenvalue weighted by Gasteiger charge is -2.38. The maximum absolute atomic E-state index is 13.1. The first kappa shape index (κ1) is 20.5. The first-order valence-electron chi connectivity index (χ1n) is 11.2. The molecular formula is C26H32N2O2. The van der Waals surface area contributed by atoms with E-state index in [-0.39, 0.29) is 11.9 Å². The minimum Gasteiger partial charge on any atom is -0.497 e. The Kier molecular flexibility index (Phi) is 6.12. The smallest absolute Gasteiger partial charge is 0.253 e. The molecule has 4 heteroatoms. The summed E-state index contributed by atoms with van der Waals surface area (Å²) in [6.45, 7) is 5.87. The molecule has 158 valence electrons. The molecule has 1 heterocycles. The molecule has 1 aliphatic heterocycles. The van der Waals surface area contributed by atoms with E-state index in [4.69, 9.17) is 4.74 Å². The number of carbonyl (C=O) groups excluding carboxylic acids is 1. The number of carbonyl (C=O) groups is 1. The zero-order valence-electron chi connectivity index (χ0n) is 18.2. The average Bonchev–Trinajstić information content (AvgIpc) is 3.28. The summed E-state index contributed by atoms with van der Waals surface area (Å²) in [6.07, 6.45) is 7.60. The van der Waals surface area contributed by atoms with Crippen molar-refractivity contribution < 1.29 is 9.53 Å². The molecule has 3 unspecified atom stereocenters. The van der Waals surface area contributed by atoms with Gasteiger partial charge in [0, 0.05) is 30.3 Å². The summed E-state index contributed by atoms with van der Waals surface area (Å²) in [5.74, 6) is 1.80. The largest absolute Gasteiger partial charge is 0.497 e. The van der Waals surface area contributed by atoms with E-state index in [0.29, 0.717) is 11.8 Å². The van der Waals surface area contributed by atoms with Crippen LogP contribution in [-0.4, -0.2) is 31.0 Å². The Labute approximate surface area is 179 Å². The molecule has 2 aromatic carbocycles. The van der Waals surface area contributed by atoms with Gasteiger partial charge in [0.05, 0.1) is 13.2 Å². The number of nitrogens with zero attached hydrogens (tertiary/aromatic N) is 1. The highest BCUT2D eigenvalue weighted by Gasteiger charge is 2.38. The number of amides is 1. The van der Waals surface area contributed by atoms with Crippen molar-refractivity contribution in [3.8, 4) is 5.75 Å². The second kappa shape index (κ2) is 8.95. The number of allylic oxidation sites excluding steroid dienone is 2. The van der Waals surface area contributed by atoms with E-state index in [0.717, 1.165) is 49.4 Å². The summed E-state index contributed by atoms with van der Waals surface area (Å²) in [4.78, 5) is 15.1. The molecule has 4 rings (SSSR count). The van der Waals surface area contributed by atoms with E-state index in [9.17, 15) is 4.79 Å². The van der Waals surface area contributed by atoms with Gasteiger partial charge in [-0.1, -0.05) is 38.1 Å². The highest BCUT2D eigenvalue weighted by atomic mass is 16.5. The molecule has 0 spiro atoms. The quantitative estimate of drug-likeness (QED) is 0.595. The summed E-state index contributed by atoms with van der Waals surface area (Å²) in [5, 5.41) is 3.76. The number of hydrogen-bond acceptors (Lipinski definition) is 3. The van der Waals surface area contributed by atoms with Gasteiger partial charge in [-0.15, -0.1) is 0 Å². The Morgan fingerprint density at radius 2 is 1.93 bits per heavy atom. The predicted molar refractivity (Wildman–Crippen MR) is 122 cm³/mol. The van der Waals surface area contributed by atoms with Crippen molar-refractivity contribution in [1.29, 1.82) is 0 Å². The highest BCUT2D eigenvalue weighted by Crippen LogP contribution is 2.50. The molecule has 1 amide bonds. The molecule has 0 radical (unpaired) electrons. The van der Waals surface area contributed by atoms with Crippen LogP contribution >= 0.6 is 0 Å². The number of rotatable bonds is 7. The Bertz CT molecular complexity index is 930. The van der Waals surface area contributed by atoms with Gasteiger partial charge < -0.3 is 15.0 Å². The first-order chi connectivity index (χ1) is 14.7. The van der Waals surface area contributed by atoms with Gasteiger partial charge in [0.25, 0.3) is 5.91 Å². The van der Waals surface area contributed by atoms with Crippen LogP contribution in [-0.2, 0) is 0 Å². The number of benzene rings is 2. The fourth-order valence-corrected chi connectivity index (χ4v) is 4.93. The van der Waals surface area contributed by atoms with E-state index >= 15 is 0 Å². The van der Waals surface area contributed by atoms with Gasteiger partial charge in [-0.25, -0.2) is 0 Å². The molecule has 0 saturated heterocycles. The Morgan fingerprint density at radius 3 is 2.67 bits per heavy atom. The zero-order chi connectivity index (χ0) is 21.1. The van der Waals surface area contributed by atoms with Crippen molar-refractivity contribution in [2.45, 2.75) is 45.1 Å². The van der Waals surface area contributed by atoms with Gasteiger partial charge in [0.15, 0.2) is 0 Å². The van der Waals surface area contributed by atoms with Gasteiger partial charge in [-0.2, -0.15) is 0 Å². The molecule has 1 N–H and O–H groups in total. The molecule has 0 saturated carbocycles. The second-order valence-electron chi connectivity index (χ2n) is 8.35. The van der Waals surface area contributed by atoms with Crippen LogP contribution in [0.4, 0.5) is 5.69 Å². The van der Waals surface area contributed by atoms with E-state index in [2.05, 4.69) is 61.6 Å². The Balaban J connectivity index is 1.66. The Morgan fingerprint density at radius 1 is 1.13 bits per heavy atom. The van der Waals surface area contributed by atoms with Crippen molar-refractivity contribution >= 4 is 11.6 Å². The standard InChI is InChI=1S/C26H32N2O2/c1-4-14-28(15-5-2)26(29)19-12-13-24-23(17-19)21-10-7-11-22(21)25(27-24)18-8-6-9-20(16-18)30-3/h6-10,12-13,16-17,21-22,25,27H,4-5,11,14-15H2,1-3H3. The third kappa shape index (κ3) is 3.83. The minimum atomic E-state index is 0.148. The minimum absolute atomic E-state index is 0.148. The second-order valence-corrected chi connectivity index (χ2v) is 8.35. The van der Waals surface area contributed by atoms with E-state index in [1.807, 2.05) is 17.0 Å². The normalized spacial score (nSPS) is 21.5. The number of nitrogens with one attached hydrogen (secondary N) is 1. The summed E-state index contributed by atoms with van der Waals surface area (Å²) >= 11 is 0. The average molecular weight is 405 g/mol. The third-order valence-corrected chi connectivity index (χ3v) is 6.34. The lowest BCUT2D eigenvalue weighted by molar-refractivity contribution is 0.0755. The van der Waals surface area contributed by atoms with Crippen molar-refractivity contribution in [2.75, 3.05) is 25.5 Å². The molecule has 30 heavy (non-hydrogen) atoms. The van der Waals surface area contributed by atoms with Crippen LogP contribution in [0.1, 0.15) is 66.6 Å². The summed E-state index contributed by atoms with van der Waals surface area (Å²) < 4.78 is 5.45. The predicted octanol–water partition coefficient (Wildman–Crippen LogP) is 5.78. The van der Waals surface area contributed by atoms with Crippen LogP contribution in [0.25, 0.3) is 0 Å². The number of hydrogen-bond donors (Lipinski definition) is 1. The molecule has 0 fully saturated rings. The number of ether oxygens (including phenoxy) is 1. The van der Waals surface area contributed by atoms with Crippen LogP contribution < -0.4 is 10.1 Å². The Hall–Kier alpha value is -2.75. The van der Waals surface area contributed by atoms with Gasteiger partial charge in [-0.3, -0.25) is 4.79 Å². The molecule has 2 aliphatic rings. The number of methoxy groups -OCH3 is 1. The van der Waals surface area contributed by atoms with Crippen LogP contribution in [0.3, 0.4) is 0 Å². The maximum atomic E-state index is 13.1. The lowest BCUT2D eigenvalue weighted by atomic mass is 9.76. The fraction of sp³-hybridized carbons (Fsp3) is 0.423. The van der Waals surface area contributed by atoms with E-state index in [1.165, 1.54) is 11.1 Å². The van der Waals surface area contributed by atoms with Crippen LogP contribution in [0.2, 0.25) is 0 Å². The van der Waals surface area contributed by atoms with Crippen LogP contribution in [0, 0.1) is 5.92 Å². The van der Waals surface area contributed by atoms with Crippen LogP contribution in [0.15, 0.2) is 54.6 Å². The fourth-order valence-electron chi connectivity index (χ4n) is 4.93. The van der Waals surface area contributed by atoms with Gasteiger partial charge in [0.1, 0.15) is 5.75 Å².